The van der Waals surface area contributed by atoms with Crippen LogP contribution in [0, 0.1) is 0 Å². The van der Waals surface area contributed by atoms with Gasteiger partial charge in [-0.05, 0) is 48.4 Å². The molecule has 1 N–H and O–H groups in total. The van der Waals surface area contributed by atoms with Crippen molar-refractivity contribution in [2.75, 3.05) is 18.0 Å². The molecule has 0 spiro atoms. The molecule has 30 heavy (non-hydrogen) atoms. The van der Waals surface area contributed by atoms with Crippen molar-refractivity contribution in [1.29, 1.82) is 0 Å². The monoisotopic (exact) mass is 420 g/mol. The Morgan fingerprint density at radius 3 is 2.27 bits per heavy atom. The summed E-state index contributed by atoms with van der Waals surface area (Å²) in [6.45, 7) is 0.0619. The van der Waals surface area contributed by atoms with Gasteiger partial charge >= 0.3 is 12.1 Å². The zero-order valence-electron chi connectivity index (χ0n) is 15.9. The lowest BCUT2D eigenvalue weighted by molar-refractivity contribution is -0.144. The number of nitrogens with one attached hydrogen (secondary N) is 1. The minimum atomic E-state index is -4.43. The number of alkyl halides is 3. The maximum Gasteiger partial charge on any atom is 0.416 e. The van der Waals surface area contributed by atoms with Crippen molar-refractivity contribution in [3.63, 3.8) is 0 Å². The van der Waals surface area contributed by atoms with Crippen molar-refractivity contribution >= 4 is 23.5 Å². The van der Waals surface area contributed by atoms with Gasteiger partial charge in [0.05, 0.1) is 5.56 Å². The highest BCUT2D eigenvalue weighted by Gasteiger charge is 2.30. The number of anilines is 1. The standard InChI is InChI=1S/C21H19F3N2O4/c22-21(23,24)16-7-3-14(4-8-16)13-30-19(28)12-25-20(29)15-5-9-17(10-6-15)26-11-1-2-18(26)27/h3-10H,1-2,11-13H2,(H,25,29). The molecule has 0 atom stereocenters. The molecule has 1 aliphatic heterocycles. The fourth-order valence-electron chi connectivity index (χ4n) is 2.97. The Hall–Kier alpha value is -3.36. The van der Waals surface area contributed by atoms with E-state index in [9.17, 15) is 27.6 Å². The molecule has 0 bridgehead atoms. The average molecular weight is 420 g/mol. The number of rotatable bonds is 6. The first-order chi connectivity index (χ1) is 14.2. The molecule has 1 heterocycles. The van der Waals surface area contributed by atoms with Crippen LogP contribution in [0.15, 0.2) is 48.5 Å². The Bertz CT molecular complexity index is 925. The van der Waals surface area contributed by atoms with Gasteiger partial charge in [0.1, 0.15) is 13.2 Å². The summed E-state index contributed by atoms with van der Waals surface area (Å²) in [5.41, 5.74) is 0.644. The minimum absolute atomic E-state index is 0.0444. The first-order valence-corrected chi connectivity index (χ1v) is 9.24. The predicted octanol–water partition coefficient (Wildman–Crippen LogP) is 3.31. The molecule has 1 fully saturated rings. The molecule has 2 amide bonds. The van der Waals surface area contributed by atoms with Crippen LogP contribution >= 0.6 is 0 Å². The lowest BCUT2D eigenvalue weighted by Crippen LogP contribution is -2.30. The first-order valence-electron chi connectivity index (χ1n) is 9.24. The van der Waals surface area contributed by atoms with Crippen LogP contribution in [0.5, 0.6) is 0 Å². The molecule has 0 saturated carbocycles. The van der Waals surface area contributed by atoms with E-state index in [0.717, 1.165) is 18.6 Å². The fraction of sp³-hybridized carbons (Fsp3) is 0.286. The summed E-state index contributed by atoms with van der Waals surface area (Å²) < 4.78 is 42.5. The second kappa shape index (κ2) is 8.98. The lowest BCUT2D eigenvalue weighted by Gasteiger charge is -2.15. The van der Waals surface area contributed by atoms with Crippen molar-refractivity contribution < 1.29 is 32.3 Å². The number of esters is 1. The number of halogens is 3. The van der Waals surface area contributed by atoms with Crippen LogP contribution in [-0.4, -0.2) is 30.9 Å². The fourth-order valence-corrected chi connectivity index (χ4v) is 2.97. The summed E-state index contributed by atoms with van der Waals surface area (Å²) in [5, 5.41) is 2.42. The molecule has 9 heteroatoms. The summed E-state index contributed by atoms with van der Waals surface area (Å²) in [7, 11) is 0. The zero-order valence-corrected chi connectivity index (χ0v) is 15.9. The maximum atomic E-state index is 12.5. The third kappa shape index (κ3) is 5.37. The van der Waals surface area contributed by atoms with Gasteiger partial charge < -0.3 is 15.0 Å². The average Bonchev–Trinajstić information content (AvgIpc) is 3.16. The van der Waals surface area contributed by atoms with Gasteiger partial charge in [-0.2, -0.15) is 13.2 Å². The number of nitrogens with zero attached hydrogens (tertiary/aromatic N) is 1. The quantitative estimate of drug-likeness (QED) is 0.728. The molecule has 3 rings (SSSR count). The van der Waals surface area contributed by atoms with Crippen LogP contribution in [0.2, 0.25) is 0 Å². The second-order valence-corrected chi connectivity index (χ2v) is 6.73. The van der Waals surface area contributed by atoms with Gasteiger partial charge in [-0.3, -0.25) is 14.4 Å². The topological polar surface area (TPSA) is 75.7 Å². The Kier molecular flexibility index (Phi) is 6.39. The summed E-state index contributed by atoms with van der Waals surface area (Å²) in [6, 6.07) is 10.7. The largest absolute Gasteiger partial charge is 0.460 e. The molecular formula is C21H19F3N2O4. The van der Waals surface area contributed by atoms with E-state index in [1.54, 1.807) is 29.2 Å². The molecule has 158 valence electrons. The molecule has 0 aliphatic carbocycles. The molecule has 2 aromatic carbocycles. The van der Waals surface area contributed by atoms with Crippen molar-refractivity contribution in [3.8, 4) is 0 Å². The highest BCUT2D eigenvalue weighted by molar-refractivity contribution is 5.98. The van der Waals surface area contributed by atoms with E-state index in [0.29, 0.717) is 29.8 Å². The van der Waals surface area contributed by atoms with Gasteiger partial charge in [-0.1, -0.05) is 12.1 Å². The van der Waals surface area contributed by atoms with Crippen LogP contribution in [-0.2, 0) is 27.1 Å². The Balaban J connectivity index is 1.45. The van der Waals surface area contributed by atoms with Gasteiger partial charge in [0.15, 0.2) is 0 Å². The summed E-state index contributed by atoms with van der Waals surface area (Å²) in [4.78, 5) is 37.3. The van der Waals surface area contributed by atoms with Crippen LogP contribution in [0.4, 0.5) is 18.9 Å². The molecule has 6 nitrogen and oxygen atoms in total. The summed E-state index contributed by atoms with van der Waals surface area (Å²) in [5.74, 6) is -1.16. The van der Waals surface area contributed by atoms with Gasteiger partial charge in [-0.25, -0.2) is 0 Å². The van der Waals surface area contributed by atoms with Crippen molar-refractivity contribution in [1.82, 2.24) is 5.32 Å². The van der Waals surface area contributed by atoms with Crippen molar-refractivity contribution in [2.45, 2.75) is 25.6 Å². The van der Waals surface area contributed by atoms with E-state index in [-0.39, 0.29) is 19.1 Å². The molecule has 0 aromatic heterocycles. The normalized spacial score (nSPS) is 14.0. The van der Waals surface area contributed by atoms with Crippen LogP contribution in [0.1, 0.15) is 34.3 Å². The van der Waals surface area contributed by atoms with Gasteiger partial charge in [0.25, 0.3) is 5.91 Å². The van der Waals surface area contributed by atoms with E-state index < -0.39 is 23.6 Å². The lowest BCUT2D eigenvalue weighted by atomic mass is 10.1. The molecule has 1 aliphatic rings. The molecule has 0 unspecified atom stereocenters. The third-order valence-electron chi connectivity index (χ3n) is 4.59. The van der Waals surface area contributed by atoms with Gasteiger partial charge in [0, 0.05) is 24.2 Å². The van der Waals surface area contributed by atoms with Crippen LogP contribution in [0.3, 0.4) is 0 Å². The second-order valence-electron chi connectivity index (χ2n) is 6.73. The van der Waals surface area contributed by atoms with Crippen LogP contribution < -0.4 is 10.2 Å². The summed E-state index contributed by atoms with van der Waals surface area (Å²) in [6.07, 6.45) is -3.12. The highest BCUT2D eigenvalue weighted by Crippen LogP contribution is 2.29. The van der Waals surface area contributed by atoms with Gasteiger partial charge in [0.2, 0.25) is 5.91 Å². The highest BCUT2D eigenvalue weighted by atomic mass is 19.4. The van der Waals surface area contributed by atoms with Gasteiger partial charge in [-0.15, -0.1) is 0 Å². The molecule has 0 radical (unpaired) electrons. The van der Waals surface area contributed by atoms with E-state index in [1.165, 1.54) is 12.1 Å². The number of amides is 2. The number of hydrogen-bond donors (Lipinski definition) is 1. The predicted molar refractivity (Wildman–Crippen MR) is 102 cm³/mol. The third-order valence-corrected chi connectivity index (χ3v) is 4.59. The van der Waals surface area contributed by atoms with Crippen LogP contribution in [0.25, 0.3) is 0 Å². The summed E-state index contributed by atoms with van der Waals surface area (Å²) >= 11 is 0. The molecule has 2 aromatic rings. The Morgan fingerprint density at radius 2 is 1.70 bits per heavy atom. The SMILES string of the molecule is O=C(CNC(=O)c1ccc(N2CCCC2=O)cc1)OCc1ccc(C(F)(F)F)cc1. The van der Waals surface area contributed by atoms with Crippen molar-refractivity contribution in [3.05, 3.63) is 65.2 Å². The zero-order chi connectivity index (χ0) is 21.7. The Morgan fingerprint density at radius 1 is 1.03 bits per heavy atom. The Labute approximate surface area is 170 Å². The molecular weight excluding hydrogens is 401 g/mol. The smallest absolute Gasteiger partial charge is 0.416 e. The molecule has 1 saturated heterocycles. The van der Waals surface area contributed by atoms with Crippen molar-refractivity contribution in [2.24, 2.45) is 0 Å². The van der Waals surface area contributed by atoms with E-state index in [4.69, 9.17) is 4.74 Å². The minimum Gasteiger partial charge on any atom is -0.460 e. The number of hydrogen-bond acceptors (Lipinski definition) is 4. The van der Waals surface area contributed by atoms with E-state index >= 15 is 0 Å². The number of benzene rings is 2. The number of carbonyl (C=O) groups is 3. The van der Waals surface area contributed by atoms with E-state index in [2.05, 4.69) is 5.32 Å². The maximum absolute atomic E-state index is 12.5. The number of ether oxygens (including phenoxy) is 1. The first kappa shape index (κ1) is 21.4. The van der Waals surface area contributed by atoms with E-state index in [1.807, 2.05) is 0 Å². The number of carbonyl (C=O) groups excluding carboxylic acids is 3.